The fraction of sp³-hybridized carbons (Fsp3) is 0.308. The van der Waals surface area contributed by atoms with Gasteiger partial charge < -0.3 is 19.9 Å². The molecule has 1 aromatic carbocycles. The Morgan fingerprint density at radius 2 is 2.11 bits per heavy atom. The van der Waals surface area contributed by atoms with E-state index in [0.29, 0.717) is 35.8 Å². The van der Waals surface area contributed by atoms with Crippen molar-refractivity contribution in [3.8, 4) is 11.5 Å². The molecule has 1 aliphatic heterocycles. The van der Waals surface area contributed by atoms with Gasteiger partial charge in [0.15, 0.2) is 11.5 Å². The number of benzene rings is 1. The zero-order valence-corrected chi connectivity index (χ0v) is 10.4. The van der Waals surface area contributed by atoms with E-state index in [-0.39, 0.29) is 5.97 Å². The summed E-state index contributed by atoms with van der Waals surface area (Å²) < 4.78 is 15.2. The number of nitrogens with two attached hydrogens (primary N) is 1. The Bertz CT molecular complexity index is 508. The van der Waals surface area contributed by atoms with Gasteiger partial charge in [-0.25, -0.2) is 4.79 Å². The third-order valence-electron chi connectivity index (χ3n) is 2.74. The van der Waals surface area contributed by atoms with E-state index in [1.54, 1.807) is 18.2 Å². The van der Waals surface area contributed by atoms with Crippen molar-refractivity contribution in [2.75, 3.05) is 26.6 Å². The average Bonchev–Trinajstić information content (AvgIpc) is 2.74. The summed E-state index contributed by atoms with van der Waals surface area (Å²) in [4.78, 5) is 11.4. The number of anilines is 1. The molecule has 0 atom stereocenters. The Kier molecular flexibility index (Phi) is 3.41. The number of carbonyl (C=O) groups is 1. The molecule has 2 rings (SSSR count). The van der Waals surface area contributed by atoms with Crippen molar-refractivity contribution in [1.29, 1.82) is 0 Å². The molecule has 0 radical (unpaired) electrons. The van der Waals surface area contributed by atoms with E-state index in [1.807, 2.05) is 0 Å². The van der Waals surface area contributed by atoms with Gasteiger partial charge in [0, 0.05) is 12.0 Å². The van der Waals surface area contributed by atoms with Gasteiger partial charge in [0.2, 0.25) is 0 Å². The van der Waals surface area contributed by atoms with Gasteiger partial charge in [-0.1, -0.05) is 0 Å². The second kappa shape index (κ2) is 5.00. The number of esters is 1. The Morgan fingerprint density at radius 3 is 2.67 bits per heavy atom. The van der Waals surface area contributed by atoms with E-state index < -0.39 is 0 Å². The van der Waals surface area contributed by atoms with Crippen molar-refractivity contribution < 1.29 is 19.0 Å². The van der Waals surface area contributed by atoms with E-state index in [0.717, 1.165) is 5.56 Å². The van der Waals surface area contributed by atoms with Crippen LogP contribution in [-0.4, -0.2) is 26.8 Å². The van der Waals surface area contributed by atoms with Crippen LogP contribution in [-0.2, 0) is 9.53 Å². The van der Waals surface area contributed by atoms with Crippen molar-refractivity contribution >= 4 is 17.7 Å². The normalized spacial score (nSPS) is 16.8. The van der Waals surface area contributed by atoms with Gasteiger partial charge in [-0.05, 0) is 23.8 Å². The molecule has 0 spiro atoms. The lowest BCUT2D eigenvalue weighted by Crippen LogP contribution is -1.98. The minimum Gasteiger partial charge on any atom is -0.493 e. The van der Waals surface area contributed by atoms with Crippen LogP contribution in [0.1, 0.15) is 12.0 Å². The molecule has 5 nitrogen and oxygen atoms in total. The number of ether oxygens (including phenoxy) is 3. The van der Waals surface area contributed by atoms with Crippen LogP contribution >= 0.6 is 0 Å². The highest BCUT2D eigenvalue weighted by Gasteiger charge is 2.19. The first-order chi connectivity index (χ1) is 8.65. The zero-order chi connectivity index (χ0) is 13.1. The number of carbonyl (C=O) groups excluding carboxylic acids is 1. The molecule has 0 aromatic heterocycles. The smallest absolute Gasteiger partial charge is 0.334 e. The van der Waals surface area contributed by atoms with Crippen molar-refractivity contribution in [2.24, 2.45) is 0 Å². The third kappa shape index (κ3) is 2.25. The second-order valence-corrected chi connectivity index (χ2v) is 3.90. The van der Waals surface area contributed by atoms with Crippen molar-refractivity contribution in [1.82, 2.24) is 0 Å². The second-order valence-electron chi connectivity index (χ2n) is 3.90. The number of nitrogen functional groups attached to an aromatic ring is 1. The summed E-state index contributed by atoms with van der Waals surface area (Å²) in [6.45, 7) is 0.438. The van der Waals surface area contributed by atoms with Gasteiger partial charge in [0.25, 0.3) is 0 Å². The van der Waals surface area contributed by atoms with E-state index >= 15 is 0 Å². The summed E-state index contributed by atoms with van der Waals surface area (Å²) in [5, 5.41) is 0. The van der Waals surface area contributed by atoms with Crippen molar-refractivity contribution in [2.45, 2.75) is 6.42 Å². The van der Waals surface area contributed by atoms with Crippen molar-refractivity contribution in [3.63, 3.8) is 0 Å². The van der Waals surface area contributed by atoms with Gasteiger partial charge in [-0.3, -0.25) is 0 Å². The lowest BCUT2D eigenvalue weighted by molar-refractivity contribution is -0.134. The molecule has 0 amide bonds. The molecule has 0 unspecified atom stereocenters. The van der Waals surface area contributed by atoms with E-state index in [2.05, 4.69) is 0 Å². The molecule has 1 aliphatic rings. The SMILES string of the molecule is COc1cc(C=C2CCOC2=O)cc(N)c1OC. The first-order valence-corrected chi connectivity index (χ1v) is 5.55. The summed E-state index contributed by atoms with van der Waals surface area (Å²) in [6.07, 6.45) is 2.38. The summed E-state index contributed by atoms with van der Waals surface area (Å²) in [6, 6.07) is 3.51. The standard InChI is InChI=1S/C13H15NO4/c1-16-11-7-8(6-10(14)12(11)17-2)5-9-3-4-18-13(9)15/h5-7H,3-4,14H2,1-2H3. The topological polar surface area (TPSA) is 70.8 Å². The van der Waals surface area contributed by atoms with E-state index in [9.17, 15) is 4.79 Å². The van der Waals surface area contributed by atoms with Crippen LogP contribution in [0.25, 0.3) is 6.08 Å². The van der Waals surface area contributed by atoms with E-state index in [4.69, 9.17) is 19.9 Å². The van der Waals surface area contributed by atoms with Crippen LogP contribution in [0.3, 0.4) is 0 Å². The van der Waals surface area contributed by atoms with Gasteiger partial charge in [0.1, 0.15) is 0 Å². The Balaban J connectivity index is 2.40. The zero-order valence-electron chi connectivity index (χ0n) is 10.4. The Hall–Kier alpha value is -2.17. The molecule has 2 N–H and O–H groups in total. The number of methoxy groups -OCH3 is 2. The summed E-state index contributed by atoms with van der Waals surface area (Å²) in [5.74, 6) is 0.757. The van der Waals surface area contributed by atoms with Gasteiger partial charge >= 0.3 is 5.97 Å². The van der Waals surface area contributed by atoms with E-state index in [1.165, 1.54) is 14.2 Å². The maximum atomic E-state index is 11.4. The molecule has 0 saturated carbocycles. The largest absolute Gasteiger partial charge is 0.493 e. The molecule has 1 saturated heterocycles. The number of rotatable bonds is 3. The molecule has 0 bridgehead atoms. The van der Waals surface area contributed by atoms with Crippen molar-refractivity contribution in [3.05, 3.63) is 23.3 Å². The molecule has 1 fully saturated rings. The summed E-state index contributed by atoms with van der Waals surface area (Å²) >= 11 is 0. The lowest BCUT2D eigenvalue weighted by atomic mass is 10.1. The molecule has 1 heterocycles. The van der Waals surface area contributed by atoms with Gasteiger partial charge in [0.05, 0.1) is 26.5 Å². The summed E-state index contributed by atoms with van der Waals surface area (Å²) in [5.41, 5.74) is 7.77. The first-order valence-electron chi connectivity index (χ1n) is 5.55. The average molecular weight is 249 g/mol. The maximum absolute atomic E-state index is 11.4. The predicted molar refractivity (Wildman–Crippen MR) is 67.5 cm³/mol. The highest BCUT2D eigenvalue weighted by atomic mass is 16.5. The van der Waals surface area contributed by atoms with Gasteiger partial charge in [-0.2, -0.15) is 0 Å². The molecule has 18 heavy (non-hydrogen) atoms. The first kappa shape index (κ1) is 12.3. The highest BCUT2D eigenvalue weighted by molar-refractivity contribution is 5.95. The Labute approximate surface area is 105 Å². The van der Waals surface area contributed by atoms with Crippen LogP contribution in [0.4, 0.5) is 5.69 Å². The predicted octanol–water partition coefficient (Wildman–Crippen LogP) is 1.62. The van der Waals surface area contributed by atoms with Crippen LogP contribution in [0.2, 0.25) is 0 Å². The molecule has 1 aromatic rings. The number of hydrogen-bond donors (Lipinski definition) is 1. The quantitative estimate of drug-likeness (QED) is 0.500. The molecule has 5 heteroatoms. The molecular formula is C13H15NO4. The van der Waals surface area contributed by atoms with Crippen LogP contribution in [0.5, 0.6) is 11.5 Å². The lowest BCUT2D eigenvalue weighted by Gasteiger charge is -2.11. The van der Waals surface area contributed by atoms with Crippen LogP contribution in [0, 0.1) is 0 Å². The van der Waals surface area contributed by atoms with Crippen LogP contribution < -0.4 is 15.2 Å². The highest BCUT2D eigenvalue weighted by Crippen LogP contribution is 2.35. The fourth-order valence-corrected chi connectivity index (χ4v) is 1.88. The van der Waals surface area contributed by atoms with Gasteiger partial charge in [-0.15, -0.1) is 0 Å². The summed E-state index contributed by atoms with van der Waals surface area (Å²) in [7, 11) is 3.07. The molecule has 96 valence electrons. The third-order valence-corrected chi connectivity index (χ3v) is 2.74. The maximum Gasteiger partial charge on any atom is 0.334 e. The minimum absolute atomic E-state index is 0.275. The number of hydrogen-bond acceptors (Lipinski definition) is 5. The minimum atomic E-state index is -0.275. The van der Waals surface area contributed by atoms with Crippen LogP contribution in [0.15, 0.2) is 17.7 Å². The number of cyclic esters (lactones) is 1. The Morgan fingerprint density at radius 1 is 1.33 bits per heavy atom. The monoisotopic (exact) mass is 249 g/mol. The molecular weight excluding hydrogens is 234 g/mol. The molecule has 0 aliphatic carbocycles. The fourth-order valence-electron chi connectivity index (χ4n) is 1.88.